The van der Waals surface area contributed by atoms with E-state index in [-0.39, 0.29) is 30.1 Å². The molecule has 1 heterocycles. The van der Waals surface area contributed by atoms with Crippen LogP contribution in [0.15, 0.2) is 18.2 Å². The van der Waals surface area contributed by atoms with E-state index >= 15 is 0 Å². The molecule has 0 atom stereocenters. The van der Waals surface area contributed by atoms with E-state index in [4.69, 9.17) is 0 Å². The summed E-state index contributed by atoms with van der Waals surface area (Å²) in [6.07, 6.45) is 0.729. The predicted molar refractivity (Wildman–Crippen MR) is 90.1 cm³/mol. The molecule has 1 amide bonds. The lowest BCUT2D eigenvalue weighted by Gasteiger charge is -2.30. The molecule has 1 aromatic rings. The maximum atomic E-state index is 13.9. The van der Waals surface area contributed by atoms with Crippen LogP contribution in [0.5, 0.6) is 0 Å². The molecular formula is C16H21FN2O5S. The lowest BCUT2D eigenvalue weighted by atomic mass is 9.97. The Hall–Kier alpha value is -2.00. The van der Waals surface area contributed by atoms with E-state index in [1.54, 1.807) is 6.92 Å². The third-order valence-corrected chi connectivity index (χ3v) is 6.11. The molecule has 1 saturated heterocycles. The maximum Gasteiger partial charge on any atom is 0.337 e. The number of benzene rings is 1. The van der Waals surface area contributed by atoms with Crippen molar-refractivity contribution in [2.24, 2.45) is 5.92 Å². The number of hydrogen-bond acceptors (Lipinski definition) is 5. The van der Waals surface area contributed by atoms with Crippen molar-refractivity contribution in [1.82, 2.24) is 4.31 Å². The fourth-order valence-corrected chi connectivity index (χ4v) is 3.81. The summed E-state index contributed by atoms with van der Waals surface area (Å²) in [5.74, 6) is -2.07. The number of esters is 1. The van der Waals surface area contributed by atoms with Gasteiger partial charge >= 0.3 is 5.97 Å². The van der Waals surface area contributed by atoms with Gasteiger partial charge in [-0.1, -0.05) is 0 Å². The van der Waals surface area contributed by atoms with Crippen LogP contribution < -0.4 is 5.32 Å². The first-order valence-corrected chi connectivity index (χ1v) is 9.56. The zero-order chi connectivity index (χ0) is 18.6. The maximum absolute atomic E-state index is 13.9. The molecule has 1 aliphatic rings. The van der Waals surface area contributed by atoms with E-state index in [9.17, 15) is 22.4 Å². The van der Waals surface area contributed by atoms with Gasteiger partial charge in [-0.05, 0) is 38.0 Å². The highest BCUT2D eigenvalue weighted by Crippen LogP contribution is 2.23. The molecule has 0 spiro atoms. The summed E-state index contributed by atoms with van der Waals surface area (Å²) < 4.78 is 43.5. The van der Waals surface area contributed by atoms with Crippen molar-refractivity contribution in [1.29, 1.82) is 0 Å². The number of hydrogen-bond donors (Lipinski definition) is 1. The van der Waals surface area contributed by atoms with Crippen molar-refractivity contribution in [2.75, 3.05) is 31.3 Å². The number of sulfonamides is 1. The summed E-state index contributed by atoms with van der Waals surface area (Å²) in [6, 6.07) is 3.57. The Morgan fingerprint density at radius 3 is 2.52 bits per heavy atom. The van der Waals surface area contributed by atoms with Gasteiger partial charge in [0.25, 0.3) is 0 Å². The molecular weight excluding hydrogens is 351 g/mol. The second kappa shape index (κ2) is 7.92. The number of nitrogens with zero attached hydrogens (tertiary/aromatic N) is 1. The lowest BCUT2D eigenvalue weighted by molar-refractivity contribution is -0.120. The van der Waals surface area contributed by atoms with Crippen molar-refractivity contribution < 1.29 is 27.1 Å². The molecule has 2 rings (SSSR count). The molecule has 0 bridgehead atoms. The number of rotatable bonds is 5. The van der Waals surface area contributed by atoms with E-state index in [0.717, 1.165) is 6.07 Å². The average molecular weight is 372 g/mol. The fourth-order valence-electron chi connectivity index (χ4n) is 2.68. The van der Waals surface area contributed by atoms with Gasteiger partial charge in [-0.15, -0.1) is 0 Å². The third-order valence-electron chi connectivity index (χ3n) is 4.23. The van der Waals surface area contributed by atoms with Gasteiger partial charge in [0.2, 0.25) is 15.9 Å². The molecule has 0 radical (unpaired) electrons. The molecule has 0 saturated carbocycles. The monoisotopic (exact) mass is 372 g/mol. The summed E-state index contributed by atoms with van der Waals surface area (Å²) in [5.41, 5.74) is 0.0274. The number of nitrogens with one attached hydrogen (secondary N) is 1. The van der Waals surface area contributed by atoms with Gasteiger partial charge in [0.1, 0.15) is 5.82 Å². The Morgan fingerprint density at radius 2 is 1.96 bits per heavy atom. The first kappa shape index (κ1) is 19.3. The number of amides is 1. The number of ether oxygens (including phenoxy) is 1. The summed E-state index contributed by atoms with van der Waals surface area (Å²) in [7, 11) is -2.05. The molecule has 138 valence electrons. The number of carbonyl (C=O) groups is 2. The minimum absolute atomic E-state index is 0.0232. The van der Waals surface area contributed by atoms with Gasteiger partial charge in [-0.2, -0.15) is 0 Å². The van der Waals surface area contributed by atoms with Gasteiger partial charge in [-0.3, -0.25) is 4.79 Å². The zero-order valence-electron chi connectivity index (χ0n) is 14.1. The molecule has 0 unspecified atom stereocenters. The smallest absolute Gasteiger partial charge is 0.337 e. The van der Waals surface area contributed by atoms with Crippen molar-refractivity contribution >= 4 is 27.6 Å². The highest BCUT2D eigenvalue weighted by Gasteiger charge is 2.30. The Kier molecular flexibility index (Phi) is 6.12. The van der Waals surface area contributed by atoms with E-state index in [1.807, 2.05) is 0 Å². The van der Waals surface area contributed by atoms with Crippen LogP contribution in [0, 0.1) is 11.7 Å². The van der Waals surface area contributed by atoms with Crippen LogP contribution in [0.25, 0.3) is 0 Å². The molecule has 1 fully saturated rings. The molecule has 0 aromatic heterocycles. The van der Waals surface area contributed by atoms with Crippen molar-refractivity contribution in [3.63, 3.8) is 0 Å². The second-order valence-corrected chi connectivity index (χ2v) is 8.01. The molecule has 1 aromatic carbocycles. The van der Waals surface area contributed by atoms with E-state index < -0.39 is 33.6 Å². The molecule has 7 nitrogen and oxygen atoms in total. The normalized spacial score (nSPS) is 16.4. The number of methoxy groups -OCH3 is 1. The SMILES string of the molecule is CCS(=O)(=O)N1CCC(C(=O)Nc2cc(C(=O)OC)ccc2F)CC1. The average Bonchev–Trinajstić information content (AvgIpc) is 2.62. The number of halogens is 1. The summed E-state index contributed by atoms with van der Waals surface area (Å²) in [5, 5.41) is 2.48. The van der Waals surface area contributed by atoms with Crippen LogP contribution in [-0.2, 0) is 19.6 Å². The van der Waals surface area contributed by atoms with Crippen LogP contribution in [0.2, 0.25) is 0 Å². The van der Waals surface area contributed by atoms with Crippen LogP contribution in [-0.4, -0.2) is 50.6 Å². The third kappa shape index (κ3) is 4.55. The van der Waals surface area contributed by atoms with Gasteiger partial charge in [0.05, 0.1) is 24.1 Å². The highest BCUT2D eigenvalue weighted by molar-refractivity contribution is 7.89. The minimum atomic E-state index is -3.26. The molecule has 9 heteroatoms. The standard InChI is InChI=1S/C16H21FN2O5S/c1-3-25(22,23)19-8-6-11(7-9-19)15(20)18-14-10-12(16(21)24-2)4-5-13(14)17/h4-5,10-11H,3,6-9H2,1-2H3,(H,18,20). The number of piperidine rings is 1. The van der Waals surface area contributed by atoms with Crippen LogP contribution in [0.1, 0.15) is 30.1 Å². The fraction of sp³-hybridized carbons (Fsp3) is 0.500. The Bertz CT molecular complexity index is 758. The first-order valence-electron chi connectivity index (χ1n) is 7.95. The second-order valence-electron chi connectivity index (χ2n) is 5.75. The van der Waals surface area contributed by atoms with Crippen molar-refractivity contribution in [2.45, 2.75) is 19.8 Å². The Morgan fingerprint density at radius 1 is 1.32 bits per heavy atom. The number of carbonyl (C=O) groups excluding carboxylic acids is 2. The molecule has 1 aliphatic heterocycles. The van der Waals surface area contributed by atoms with Gasteiger partial charge < -0.3 is 10.1 Å². The lowest BCUT2D eigenvalue weighted by Crippen LogP contribution is -2.42. The zero-order valence-corrected chi connectivity index (χ0v) is 14.9. The first-order chi connectivity index (χ1) is 11.8. The predicted octanol–water partition coefficient (Wildman–Crippen LogP) is 1.61. The molecule has 1 N–H and O–H groups in total. The quantitative estimate of drug-likeness (QED) is 0.793. The Balaban J connectivity index is 2.03. The minimum Gasteiger partial charge on any atom is -0.465 e. The van der Waals surface area contributed by atoms with Crippen LogP contribution in [0.4, 0.5) is 10.1 Å². The number of anilines is 1. The molecule has 0 aliphatic carbocycles. The van der Waals surface area contributed by atoms with Gasteiger partial charge in [0, 0.05) is 19.0 Å². The van der Waals surface area contributed by atoms with E-state index in [2.05, 4.69) is 10.1 Å². The van der Waals surface area contributed by atoms with Crippen molar-refractivity contribution in [3.8, 4) is 0 Å². The molecule has 25 heavy (non-hydrogen) atoms. The van der Waals surface area contributed by atoms with Crippen LogP contribution >= 0.6 is 0 Å². The van der Waals surface area contributed by atoms with Gasteiger partial charge in [-0.25, -0.2) is 21.9 Å². The van der Waals surface area contributed by atoms with Crippen molar-refractivity contribution in [3.05, 3.63) is 29.6 Å². The summed E-state index contributed by atoms with van der Waals surface area (Å²) in [6.45, 7) is 2.10. The van der Waals surface area contributed by atoms with E-state index in [1.165, 1.54) is 23.5 Å². The highest BCUT2D eigenvalue weighted by atomic mass is 32.2. The summed E-state index contributed by atoms with van der Waals surface area (Å²) >= 11 is 0. The van der Waals surface area contributed by atoms with Crippen LogP contribution in [0.3, 0.4) is 0 Å². The largest absolute Gasteiger partial charge is 0.465 e. The topological polar surface area (TPSA) is 92.8 Å². The summed E-state index contributed by atoms with van der Waals surface area (Å²) in [4.78, 5) is 23.8. The van der Waals surface area contributed by atoms with Gasteiger partial charge in [0.15, 0.2) is 0 Å². The Labute approximate surface area is 146 Å². The van der Waals surface area contributed by atoms with E-state index in [0.29, 0.717) is 12.8 Å².